The van der Waals surface area contributed by atoms with Gasteiger partial charge in [0, 0.05) is 0 Å². The first kappa shape index (κ1) is 11.5. The van der Waals surface area contributed by atoms with Crippen LogP contribution in [0.15, 0.2) is 42.0 Å². The molecule has 0 saturated carbocycles. The van der Waals surface area contributed by atoms with Crippen molar-refractivity contribution in [2.75, 3.05) is 0 Å². The molecule has 1 aromatic rings. The predicted octanol–water partition coefficient (Wildman–Crippen LogP) is 0.686. The summed E-state index contributed by atoms with van der Waals surface area (Å²) in [6.45, 7) is 0. The lowest BCUT2D eigenvalue weighted by Gasteiger charge is -2.16. The smallest absolute Gasteiger partial charge is 0.262 e. The molecule has 2 amide bonds. The van der Waals surface area contributed by atoms with Crippen LogP contribution in [0.1, 0.15) is 5.56 Å². The summed E-state index contributed by atoms with van der Waals surface area (Å²) in [5, 5.41) is 4.83. The van der Waals surface area contributed by atoms with Crippen LogP contribution in [0.3, 0.4) is 0 Å². The van der Waals surface area contributed by atoms with E-state index in [2.05, 4.69) is 10.6 Å². The van der Waals surface area contributed by atoms with Crippen molar-refractivity contribution in [2.45, 2.75) is 6.42 Å². The molecule has 0 unspecified atom stereocenters. The van der Waals surface area contributed by atoms with Gasteiger partial charge in [-0.2, -0.15) is 0 Å². The number of allylic oxidation sites excluding steroid dienone is 1. The van der Waals surface area contributed by atoms with E-state index in [0.717, 1.165) is 5.56 Å². The lowest BCUT2D eigenvalue weighted by molar-refractivity contribution is -0.123. The van der Waals surface area contributed by atoms with Crippen LogP contribution in [-0.2, 0) is 16.0 Å². The number of amides is 2. The molecule has 0 atom stereocenters. The van der Waals surface area contributed by atoms with Crippen LogP contribution in [0.5, 0.6) is 0 Å². The Bertz CT molecular complexity index is 486. The highest BCUT2D eigenvalue weighted by Gasteiger charge is 2.25. The molecule has 1 aromatic carbocycles. The van der Waals surface area contributed by atoms with Gasteiger partial charge in [0.1, 0.15) is 5.57 Å². The molecule has 86 valence electrons. The molecule has 4 nitrogen and oxygen atoms in total. The normalized spacial score (nSPS) is 15.3. The third kappa shape index (κ3) is 2.76. The summed E-state index contributed by atoms with van der Waals surface area (Å²) in [4.78, 5) is 23.0. The van der Waals surface area contributed by atoms with Crippen molar-refractivity contribution in [1.82, 2.24) is 10.6 Å². The maximum absolute atomic E-state index is 11.5. The average Bonchev–Trinajstić information content (AvgIpc) is 2.29. The molecule has 1 fully saturated rings. The third-order valence-electron chi connectivity index (χ3n) is 2.33. The van der Waals surface area contributed by atoms with Crippen molar-refractivity contribution in [3.8, 4) is 0 Å². The standard InChI is InChI=1S/C12H10N2O2S/c15-10-9(11(16)14-12(17)13-10)7-6-8-4-2-1-3-5-8/h1-5,7H,6H2,(H2,13,14,15,16,17). The Kier molecular flexibility index (Phi) is 3.30. The summed E-state index contributed by atoms with van der Waals surface area (Å²) >= 11 is 4.70. The van der Waals surface area contributed by atoms with Crippen LogP contribution in [0.25, 0.3) is 0 Å². The van der Waals surface area contributed by atoms with Gasteiger partial charge in [-0.15, -0.1) is 0 Å². The van der Waals surface area contributed by atoms with Crippen LogP contribution in [0, 0.1) is 0 Å². The van der Waals surface area contributed by atoms with E-state index < -0.39 is 11.8 Å². The van der Waals surface area contributed by atoms with E-state index in [1.165, 1.54) is 0 Å². The Morgan fingerprint density at radius 1 is 1.06 bits per heavy atom. The van der Waals surface area contributed by atoms with Gasteiger partial charge >= 0.3 is 0 Å². The van der Waals surface area contributed by atoms with E-state index in [4.69, 9.17) is 12.2 Å². The zero-order chi connectivity index (χ0) is 12.3. The highest BCUT2D eigenvalue weighted by Crippen LogP contribution is 2.06. The van der Waals surface area contributed by atoms with Crippen LogP contribution < -0.4 is 10.6 Å². The van der Waals surface area contributed by atoms with Crippen molar-refractivity contribution in [1.29, 1.82) is 0 Å². The number of nitrogens with one attached hydrogen (secondary N) is 2. The first-order valence-corrected chi connectivity index (χ1v) is 5.48. The van der Waals surface area contributed by atoms with Crippen molar-refractivity contribution in [2.24, 2.45) is 0 Å². The zero-order valence-electron chi connectivity index (χ0n) is 8.90. The Hall–Kier alpha value is -2.01. The molecular weight excluding hydrogens is 236 g/mol. The number of hydrogen-bond acceptors (Lipinski definition) is 3. The molecule has 1 aliphatic rings. The molecule has 1 heterocycles. The van der Waals surface area contributed by atoms with Gasteiger partial charge in [-0.05, 0) is 24.2 Å². The Balaban J connectivity index is 2.14. The summed E-state index contributed by atoms with van der Waals surface area (Å²) in [6, 6.07) is 9.59. The number of carbonyl (C=O) groups is 2. The van der Waals surface area contributed by atoms with Crippen LogP contribution in [0.2, 0.25) is 0 Å². The molecule has 0 aromatic heterocycles. The molecule has 0 radical (unpaired) electrons. The second-order valence-corrected chi connectivity index (χ2v) is 3.95. The lowest BCUT2D eigenvalue weighted by atomic mass is 10.1. The van der Waals surface area contributed by atoms with E-state index >= 15 is 0 Å². The van der Waals surface area contributed by atoms with E-state index in [0.29, 0.717) is 6.42 Å². The van der Waals surface area contributed by atoms with E-state index in [1.54, 1.807) is 6.08 Å². The minimum absolute atomic E-state index is 0.0526. The van der Waals surface area contributed by atoms with Gasteiger partial charge in [-0.1, -0.05) is 36.4 Å². The van der Waals surface area contributed by atoms with Gasteiger partial charge in [0.2, 0.25) is 0 Å². The number of rotatable bonds is 2. The van der Waals surface area contributed by atoms with Crippen LogP contribution in [0.4, 0.5) is 0 Å². The van der Waals surface area contributed by atoms with E-state index in [-0.39, 0.29) is 10.7 Å². The van der Waals surface area contributed by atoms with Crippen LogP contribution >= 0.6 is 12.2 Å². The number of carbonyl (C=O) groups excluding carboxylic acids is 2. The maximum Gasteiger partial charge on any atom is 0.262 e. The van der Waals surface area contributed by atoms with Gasteiger partial charge in [0.25, 0.3) is 11.8 Å². The molecule has 0 spiro atoms. The number of thiocarbonyl (C=S) groups is 1. The molecule has 1 aliphatic heterocycles. The average molecular weight is 246 g/mol. The largest absolute Gasteiger partial charge is 0.299 e. The number of hydrogen-bond donors (Lipinski definition) is 2. The van der Waals surface area contributed by atoms with Crippen molar-refractivity contribution in [3.63, 3.8) is 0 Å². The Labute approximate surface area is 104 Å². The monoisotopic (exact) mass is 246 g/mol. The Morgan fingerprint density at radius 2 is 1.65 bits per heavy atom. The SMILES string of the molecule is O=C1NC(=S)NC(=O)C1=CCc1ccccc1. The first-order valence-electron chi connectivity index (χ1n) is 5.07. The molecular formula is C12H10N2O2S. The molecule has 1 saturated heterocycles. The highest BCUT2D eigenvalue weighted by atomic mass is 32.1. The van der Waals surface area contributed by atoms with Gasteiger partial charge < -0.3 is 0 Å². The molecule has 2 N–H and O–H groups in total. The van der Waals surface area contributed by atoms with Crippen molar-refractivity contribution >= 4 is 29.1 Å². The molecule has 0 aliphatic carbocycles. The topological polar surface area (TPSA) is 58.2 Å². The zero-order valence-corrected chi connectivity index (χ0v) is 9.71. The fourth-order valence-electron chi connectivity index (χ4n) is 1.49. The van der Waals surface area contributed by atoms with E-state index in [9.17, 15) is 9.59 Å². The van der Waals surface area contributed by atoms with Crippen molar-refractivity contribution in [3.05, 3.63) is 47.5 Å². The summed E-state index contributed by atoms with van der Waals surface area (Å²) in [5.74, 6) is -0.899. The second-order valence-electron chi connectivity index (χ2n) is 3.54. The lowest BCUT2D eigenvalue weighted by Crippen LogP contribution is -2.51. The minimum atomic E-state index is -0.449. The highest BCUT2D eigenvalue weighted by molar-refractivity contribution is 7.80. The van der Waals surface area contributed by atoms with Crippen molar-refractivity contribution < 1.29 is 9.59 Å². The van der Waals surface area contributed by atoms with E-state index in [1.807, 2.05) is 30.3 Å². The van der Waals surface area contributed by atoms with Gasteiger partial charge in [0.15, 0.2) is 5.11 Å². The molecule has 5 heteroatoms. The molecule has 17 heavy (non-hydrogen) atoms. The number of benzene rings is 1. The first-order chi connectivity index (χ1) is 8.16. The Morgan fingerprint density at radius 3 is 2.24 bits per heavy atom. The second kappa shape index (κ2) is 4.88. The fraction of sp³-hybridized carbons (Fsp3) is 0.0833. The van der Waals surface area contributed by atoms with Gasteiger partial charge in [0.05, 0.1) is 0 Å². The minimum Gasteiger partial charge on any atom is -0.299 e. The van der Waals surface area contributed by atoms with Crippen LogP contribution in [-0.4, -0.2) is 16.9 Å². The summed E-state index contributed by atoms with van der Waals surface area (Å²) < 4.78 is 0. The fourth-order valence-corrected chi connectivity index (χ4v) is 1.68. The molecule has 2 rings (SSSR count). The summed E-state index contributed by atoms with van der Waals surface area (Å²) in [7, 11) is 0. The molecule has 0 bridgehead atoms. The quantitative estimate of drug-likeness (QED) is 0.458. The predicted molar refractivity (Wildman–Crippen MR) is 67.1 cm³/mol. The summed E-state index contributed by atoms with van der Waals surface area (Å²) in [5.41, 5.74) is 1.14. The maximum atomic E-state index is 11.5. The summed E-state index contributed by atoms with van der Waals surface area (Å²) in [6.07, 6.45) is 2.13. The van der Waals surface area contributed by atoms with Gasteiger partial charge in [-0.25, -0.2) is 0 Å². The third-order valence-corrected chi connectivity index (χ3v) is 2.53. The van der Waals surface area contributed by atoms with Gasteiger partial charge in [-0.3, -0.25) is 20.2 Å².